The zero-order chi connectivity index (χ0) is 14.9. The van der Waals surface area contributed by atoms with Gasteiger partial charge >= 0.3 is 0 Å². The number of fused-ring (bicyclic) bond motifs is 1. The second-order valence-electron chi connectivity index (χ2n) is 5.54. The second-order valence-corrected chi connectivity index (χ2v) is 6.43. The Labute approximate surface area is 132 Å². The number of nitrogens with one attached hydrogen (secondary N) is 1. The van der Waals surface area contributed by atoms with Crippen molar-refractivity contribution in [2.45, 2.75) is 25.3 Å². The third-order valence-corrected chi connectivity index (χ3v) is 4.71. The number of nitrogens with zero attached hydrogens (tertiary/aromatic N) is 3. The predicted octanol–water partition coefficient (Wildman–Crippen LogP) is 2.80. The van der Waals surface area contributed by atoms with Crippen LogP contribution in [-0.4, -0.2) is 27.0 Å². The van der Waals surface area contributed by atoms with E-state index in [4.69, 9.17) is 0 Å². The van der Waals surface area contributed by atoms with Crippen LogP contribution in [0, 0.1) is 0 Å². The maximum Gasteiger partial charge on any atom is 0.251 e. The number of carbonyl (C=O) groups is 1. The molecule has 1 fully saturated rings. The summed E-state index contributed by atoms with van der Waals surface area (Å²) < 4.78 is 3.18. The standard InChI is InChI=1S/C16H16N4OS/c21-16(12-3-4-13-14(9-12)22-10-19-13)18-6-8-20-7-5-17-15(20)11-1-2-11/h3-5,7,9-11H,1-2,6,8H2,(H,18,21). The van der Waals surface area contributed by atoms with Gasteiger partial charge in [0.2, 0.25) is 0 Å². The third kappa shape index (κ3) is 2.62. The van der Waals surface area contributed by atoms with Crippen molar-refractivity contribution in [2.75, 3.05) is 6.54 Å². The fraction of sp³-hybridized carbons (Fsp3) is 0.312. The molecule has 1 aliphatic carbocycles. The zero-order valence-corrected chi connectivity index (χ0v) is 12.8. The van der Waals surface area contributed by atoms with Gasteiger partial charge in [0.1, 0.15) is 5.82 Å². The topological polar surface area (TPSA) is 59.8 Å². The van der Waals surface area contributed by atoms with Crippen LogP contribution in [0.2, 0.25) is 0 Å². The first-order chi connectivity index (χ1) is 10.8. The van der Waals surface area contributed by atoms with Gasteiger partial charge in [-0.15, -0.1) is 11.3 Å². The van der Waals surface area contributed by atoms with Crippen molar-refractivity contribution in [1.29, 1.82) is 0 Å². The van der Waals surface area contributed by atoms with Crippen LogP contribution in [-0.2, 0) is 6.54 Å². The normalized spacial score (nSPS) is 14.4. The van der Waals surface area contributed by atoms with E-state index in [1.807, 2.05) is 30.6 Å². The van der Waals surface area contributed by atoms with Gasteiger partial charge in [-0.2, -0.15) is 0 Å². The SMILES string of the molecule is O=C(NCCn1ccnc1C1CC1)c1ccc2ncsc2c1. The van der Waals surface area contributed by atoms with E-state index in [2.05, 4.69) is 19.9 Å². The molecule has 0 unspecified atom stereocenters. The number of benzene rings is 1. The first-order valence-corrected chi connectivity index (χ1v) is 8.32. The fourth-order valence-corrected chi connectivity index (χ4v) is 3.32. The molecule has 1 saturated carbocycles. The number of amides is 1. The lowest BCUT2D eigenvalue weighted by molar-refractivity contribution is 0.0952. The minimum atomic E-state index is -0.0385. The molecule has 1 aliphatic rings. The molecule has 3 aromatic rings. The number of imidazole rings is 1. The van der Waals surface area contributed by atoms with Crippen molar-refractivity contribution < 1.29 is 4.79 Å². The summed E-state index contributed by atoms with van der Waals surface area (Å²) in [6.07, 6.45) is 6.30. The molecule has 4 rings (SSSR count). The lowest BCUT2D eigenvalue weighted by atomic mass is 10.2. The molecular formula is C16H16N4OS. The number of carbonyl (C=O) groups excluding carboxylic acids is 1. The summed E-state index contributed by atoms with van der Waals surface area (Å²) >= 11 is 1.55. The van der Waals surface area contributed by atoms with Crippen LogP contribution in [0.1, 0.15) is 34.9 Å². The number of rotatable bonds is 5. The lowest BCUT2D eigenvalue weighted by Crippen LogP contribution is -2.27. The highest BCUT2D eigenvalue weighted by molar-refractivity contribution is 7.16. The molecule has 0 bridgehead atoms. The lowest BCUT2D eigenvalue weighted by Gasteiger charge is -2.08. The van der Waals surface area contributed by atoms with Gasteiger partial charge < -0.3 is 9.88 Å². The largest absolute Gasteiger partial charge is 0.350 e. The maximum atomic E-state index is 12.2. The Hall–Kier alpha value is -2.21. The second kappa shape index (κ2) is 5.53. The van der Waals surface area contributed by atoms with Crippen LogP contribution in [0.5, 0.6) is 0 Å². The molecular weight excluding hydrogens is 296 g/mol. The summed E-state index contributed by atoms with van der Waals surface area (Å²) in [6.45, 7) is 1.37. The minimum Gasteiger partial charge on any atom is -0.350 e. The average molecular weight is 312 g/mol. The number of hydrogen-bond acceptors (Lipinski definition) is 4. The highest BCUT2D eigenvalue weighted by atomic mass is 32.1. The van der Waals surface area contributed by atoms with Crippen molar-refractivity contribution in [3.63, 3.8) is 0 Å². The summed E-state index contributed by atoms with van der Waals surface area (Å²) in [5.74, 6) is 1.74. The molecule has 0 atom stereocenters. The van der Waals surface area contributed by atoms with E-state index in [0.29, 0.717) is 18.0 Å². The molecule has 0 radical (unpaired) electrons. The highest BCUT2D eigenvalue weighted by Gasteiger charge is 2.27. The van der Waals surface area contributed by atoms with E-state index in [1.165, 1.54) is 12.8 Å². The van der Waals surface area contributed by atoms with Crippen LogP contribution in [0.3, 0.4) is 0 Å². The van der Waals surface area contributed by atoms with Gasteiger partial charge in [-0.05, 0) is 31.0 Å². The molecule has 1 aromatic carbocycles. The Morgan fingerprint density at radius 1 is 1.36 bits per heavy atom. The molecule has 5 nitrogen and oxygen atoms in total. The van der Waals surface area contributed by atoms with Crippen molar-refractivity contribution in [1.82, 2.24) is 19.9 Å². The predicted molar refractivity (Wildman–Crippen MR) is 86.2 cm³/mol. The molecule has 1 amide bonds. The number of thiazole rings is 1. The van der Waals surface area contributed by atoms with Gasteiger partial charge in [-0.1, -0.05) is 0 Å². The van der Waals surface area contributed by atoms with Crippen molar-refractivity contribution in [2.24, 2.45) is 0 Å². The summed E-state index contributed by atoms with van der Waals surface area (Å²) in [7, 11) is 0. The van der Waals surface area contributed by atoms with Crippen molar-refractivity contribution >= 4 is 27.5 Å². The van der Waals surface area contributed by atoms with E-state index in [-0.39, 0.29) is 5.91 Å². The summed E-state index contributed by atoms with van der Waals surface area (Å²) in [5.41, 5.74) is 3.42. The van der Waals surface area contributed by atoms with Gasteiger partial charge in [0, 0.05) is 37.0 Å². The molecule has 22 heavy (non-hydrogen) atoms. The molecule has 6 heteroatoms. The zero-order valence-electron chi connectivity index (χ0n) is 12.0. The summed E-state index contributed by atoms with van der Waals surface area (Å²) in [4.78, 5) is 20.8. The Balaban J connectivity index is 1.38. The first kappa shape index (κ1) is 13.5. The number of hydrogen-bond donors (Lipinski definition) is 1. The van der Waals surface area contributed by atoms with Crippen LogP contribution in [0.25, 0.3) is 10.2 Å². The minimum absolute atomic E-state index is 0.0385. The van der Waals surface area contributed by atoms with Gasteiger partial charge in [-0.25, -0.2) is 9.97 Å². The molecule has 1 N–H and O–H groups in total. The maximum absolute atomic E-state index is 12.2. The molecule has 2 heterocycles. The Bertz CT molecular complexity index is 818. The van der Waals surface area contributed by atoms with Crippen LogP contribution in [0.15, 0.2) is 36.1 Å². The first-order valence-electron chi connectivity index (χ1n) is 7.44. The van der Waals surface area contributed by atoms with Crippen LogP contribution in [0.4, 0.5) is 0 Å². The smallest absolute Gasteiger partial charge is 0.251 e. The van der Waals surface area contributed by atoms with Gasteiger partial charge in [-0.3, -0.25) is 4.79 Å². The van der Waals surface area contributed by atoms with Gasteiger partial charge in [0.05, 0.1) is 15.7 Å². The summed E-state index contributed by atoms with van der Waals surface area (Å²) in [5, 5.41) is 2.98. The van der Waals surface area contributed by atoms with E-state index < -0.39 is 0 Å². The van der Waals surface area contributed by atoms with Crippen molar-refractivity contribution in [3.05, 3.63) is 47.5 Å². The fourth-order valence-electron chi connectivity index (χ4n) is 2.60. The summed E-state index contributed by atoms with van der Waals surface area (Å²) in [6, 6.07) is 5.61. The Kier molecular flexibility index (Phi) is 3.38. The monoisotopic (exact) mass is 312 g/mol. The molecule has 0 spiro atoms. The quantitative estimate of drug-likeness (QED) is 0.788. The molecule has 0 saturated heterocycles. The van der Waals surface area contributed by atoms with Gasteiger partial charge in [0.15, 0.2) is 0 Å². The number of aromatic nitrogens is 3. The average Bonchev–Trinajstić information content (AvgIpc) is 3.09. The van der Waals surface area contributed by atoms with Crippen molar-refractivity contribution in [3.8, 4) is 0 Å². The molecule has 112 valence electrons. The van der Waals surface area contributed by atoms with E-state index in [9.17, 15) is 4.79 Å². The molecule has 2 aromatic heterocycles. The molecule has 0 aliphatic heterocycles. The van der Waals surface area contributed by atoms with Crippen LogP contribution < -0.4 is 5.32 Å². The van der Waals surface area contributed by atoms with Gasteiger partial charge in [0.25, 0.3) is 5.91 Å². The third-order valence-electron chi connectivity index (χ3n) is 3.92. The Morgan fingerprint density at radius 2 is 2.27 bits per heavy atom. The van der Waals surface area contributed by atoms with E-state index >= 15 is 0 Å². The van der Waals surface area contributed by atoms with E-state index in [0.717, 1.165) is 22.6 Å². The highest BCUT2D eigenvalue weighted by Crippen LogP contribution is 2.38. The van der Waals surface area contributed by atoms with Crippen LogP contribution >= 0.6 is 11.3 Å². The Morgan fingerprint density at radius 3 is 3.14 bits per heavy atom. The van der Waals surface area contributed by atoms with E-state index in [1.54, 1.807) is 16.8 Å².